The van der Waals surface area contributed by atoms with Gasteiger partial charge in [0, 0.05) is 0 Å². The molecule has 0 heterocycles. The first-order chi connectivity index (χ1) is 6.22. The largest absolute Gasteiger partial charge is 0.390 e. The van der Waals surface area contributed by atoms with Gasteiger partial charge in [0.2, 0.25) is 0 Å². The van der Waals surface area contributed by atoms with E-state index in [1.165, 1.54) is 25.7 Å². The van der Waals surface area contributed by atoms with Crippen LogP contribution in [0.2, 0.25) is 0 Å². The van der Waals surface area contributed by atoms with Gasteiger partial charge in [0.25, 0.3) is 0 Å². The molecule has 0 bridgehead atoms. The molecule has 0 aromatic heterocycles. The predicted octanol–water partition coefficient (Wildman–Crippen LogP) is 2.48. The van der Waals surface area contributed by atoms with Gasteiger partial charge in [-0.25, -0.2) is 0 Å². The molecule has 0 spiro atoms. The van der Waals surface area contributed by atoms with Crippen molar-refractivity contribution in [2.45, 2.75) is 71.0 Å². The van der Waals surface area contributed by atoms with Crippen molar-refractivity contribution in [2.75, 3.05) is 0 Å². The summed E-state index contributed by atoms with van der Waals surface area (Å²) in [5.41, 5.74) is 0. The van der Waals surface area contributed by atoms with E-state index >= 15 is 0 Å². The Morgan fingerprint density at radius 1 is 0.846 bits per heavy atom. The number of hydrogen-bond acceptors (Lipinski definition) is 2. The lowest BCUT2D eigenvalue weighted by Crippen LogP contribution is -2.24. The molecular weight excluding hydrogens is 164 g/mol. The van der Waals surface area contributed by atoms with Gasteiger partial charge in [-0.15, -0.1) is 0 Å². The van der Waals surface area contributed by atoms with E-state index < -0.39 is 12.2 Å². The molecule has 0 amide bonds. The second kappa shape index (κ2) is 8.52. The fraction of sp³-hybridized carbons (Fsp3) is 1.00. The maximum Gasteiger partial charge on any atom is 0.0799 e. The summed E-state index contributed by atoms with van der Waals surface area (Å²) < 4.78 is 0. The van der Waals surface area contributed by atoms with Crippen LogP contribution in [0.3, 0.4) is 0 Å². The summed E-state index contributed by atoms with van der Waals surface area (Å²) in [6, 6.07) is 0. The zero-order valence-electron chi connectivity index (χ0n) is 9.00. The Morgan fingerprint density at radius 2 is 1.46 bits per heavy atom. The lowest BCUT2D eigenvalue weighted by Gasteiger charge is -2.15. The summed E-state index contributed by atoms with van der Waals surface area (Å²) in [6.07, 6.45) is 6.38. The molecule has 0 rings (SSSR count). The van der Waals surface area contributed by atoms with Gasteiger partial charge < -0.3 is 10.2 Å². The molecule has 80 valence electrons. The molecule has 0 unspecified atom stereocenters. The first-order valence-corrected chi connectivity index (χ1v) is 5.58. The maximum absolute atomic E-state index is 9.42. The minimum Gasteiger partial charge on any atom is -0.390 e. The molecule has 0 aromatic carbocycles. The van der Waals surface area contributed by atoms with Gasteiger partial charge in [-0.3, -0.25) is 0 Å². The molecule has 0 radical (unpaired) electrons. The minimum absolute atomic E-state index is 0.508. The molecule has 2 nitrogen and oxygen atoms in total. The van der Waals surface area contributed by atoms with E-state index in [-0.39, 0.29) is 0 Å². The second-order valence-electron chi connectivity index (χ2n) is 3.75. The summed E-state index contributed by atoms with van der Waals surface area (Å²) >= 11 is 0. The van der Waals surface area contributed by atoms with Crippen molar-refractivity contribution in [2.24, 2.45) is 0 Å². The average Bonchev–Trinajstić information content (AvgIpc) is 2.16. The molecule has 2 heteroatoms. The summed E-state index contributed by atoms with van der Waals surface area (Å²) in [5, 5.41) is 18.7. The lowest BCUT2D eigenvalue weighted by atomic mass is 10.0. The molecule has 13 heavy (non-hydrogen) atoms. The first-order valence-electron chi connectivity index (χ1n) is 5.58. The van der Waals surface area contributed by atoms with Gasteiger partial charge in [-0.2, -0.15) is 0 Å². The summed E-state index contributed by atoms with van der Waals surface area (Å²) in [6.45, 7) is 4.08. The SMILES string of the molecule is CCCCCCC[C@@H](O)[C@H](O)CC. The summed E-state index contributed by atoms with van der Waals surface area (Å²) in [7, 11) is 0. The van der Waals surface area contributed by atoms with Crippen molar-refractivity contribution >= 4 is 0 Å². The van der Waals surface area contributed by atoms with E-state index in [0.29, 0.717) is 6.42 Å². The van der Waals surface area contributed by atoms with Crippen LogP contribution in [0.1, 0.15) is 58.8 Å². The Bertz CT molecular complexity index is 104. The molecule has 0 fully saturated rings. The highest BCUT2D eigenvalue weighted by molar-refractivity contribution is 4.64. The van der Waals surface area contributed by atoms with Crippen molar-refractivity contribution in [3.8, 4) is 0 Å². The number of aliphatic hydroxyl groups excluding tert-OH is 2. The van der Waals surface area contributed by atoms with Gasteiger partial charge in [0.1, 0.15) is 0 Å². The van der Waals surface area contributed by atoms with Gasteiger partial charge in [-0.1, -0.05) is 46.0 Å². The second-order valence-corrected chi connectivity index (χ2v) is 3.75. The first kappa shape index (κ1) is 12.9. The molecule has 0 aliphatic rings. The van der Waals surface area contributed by atoms with Gasteiger partial charge in [0.05, 0.1) is 12.2 Å². The van der Waals surface area contributed by atoms with E-state index in [1.54, 1.807) is 0 Å². The fourth-order valence-corrected chi connectivity index (χ4v) is 1.42. The number of aliphatic hydroxyl groups is 2. The summed E-state index contributed by atoms with van der Waals surface area (Å²) in [5.74, 6) is 0. The number of unbranched alkanes of at least 4 members (excludes halogenated alkanes) is 4. The van der Waals surface area contributed by atoms with Crippen LogP contribution in [-0.2, 0) is 0 Å². The number of rotatable bonds is 8. The van der Waals surface area contributed by atoms with Crippen LogP contribution in [0.25, 0.3) is 0 Å². The lowest BCUT2D eigenvalue weighted by molar-refractivity contribution is 0.0114. The Hall–Kier alpha value is -0.0800. The fourth-order valence-electron chi connectivity index (χ4n) is 1.42. The highest BCUT2D eigenvalue weighted by Crippen LogP contribution is 2.10. The predicted molar refractivity (Wildman–Crippen MR) is 55.7 cm³/mol. The molecular formula is C11H24O2. The topological polar surface area (TPSA) is 40.5 Å². The average molecular weight is 188 g/mol. The highest BCUT2D eigenvalue weighted by atomic mass is 16.3. The maximum atomic E-state index is 9.42. The van der Waals surface area contributed by atoms with Crippen LogP contribution < -0.4 is 0 Å². The van der Waals surface area contributed by atoms with Crippen molar-refractivity contribution in [3.63, 3.8) is 0 Å². The van der Waals surface area contributed by atoms with E-state index in [4.69, 9.17) is 0 Å². The minimum atomic E-state index is -0.522. The van der Waals surface area contributed by atoms with Gasteiger partial charge in [0.15, 0.2) is 0 Å². The molecule has 0 aliphatic carbocycles. The van der Waals surface area contributed by atoms with E-state index in [0.717, 1.165) is 12.8 Å². The highest BCUT2D eigenvalue weighted by Gasteiger charge is 2.12. The van der Waals surface area contributed by atoms with Gasteiger partial charge in [-0.05, 0) is 12.8 Å². The Balaban J connectivity index is 3.21. The van der Waals surface area contributed by atoms with Crippen LogP contribution in [0.15, 0.2) is 0 Å². The van der Waals surface area contributed by atoms with Crippen molar-refractivity contribution < 1.29 is 10.2 Å². The van der Waals surface area contributed by atoms with Crippen molar-refractivity contribution in [1.82, 2.24) is 0 Å². The quantitative estimate of drug-likeness (QED) is 0.574. The van der Waals surface area contributed by atoms with Crippen LogP contribution in [0.4, 0.5) is 0 Å². The van der Waals surface area contributed by atoms with Crippen LogP contribution in [0.5, 0.6) is 0 Å². The zero-order valence-corrected chi connectivity index (χ0v) is 9.00. The van der Waals surface area contributed by atoms with Crippen LogP contribution in [0, 0.1) is 0 Å². The standard InChI is InChI=1S/C11H24O2/c1-3-5-6-7-8-9-11(13)10(12)4-2/h10-13H,3-9H2,1-2H3/t10-,11-/m1/s1. The van der Waals surface area contributed by atoms with Crippen LogP contribution in [-0.4, -0.2) is 22.4 Å². The molecule has 0 aliphatic heterocycles. The third kappa shape index (κ3) is 7.03. The molecule has 2 atom stereocenters. The van der Waals surface area contributed by atoms with Crippen LogP contribution >= 0.6 is 0 Å². The Morgan fingerprint density at radius 3 is 2.00 bits per heavy atom. The van der Waals surface area contributed by atoms with Gasteiger partial charge >= 0.3 is 0 Å². The monoisotopic (exact) mass is 188 g/mol. The smallest absolute Gasteiger partial charge is 0.0799 e. The third-order valence-corrected chi connectivity index (χ3v) is 2.47. The Labute approximate surface area is 82.0 Å². The molecule has 0 aromatic rings. The van der Waals surface area contributed by atoms with E-state index in [9.17, 15) is 10.2 Å². The molecule has 2 N–H and O–H groups in total. The molecule has 0 saturated carbocycles. The van der Waals surface area contributed by atoms with Crippen molar-refractivity contribution in [1.29, 1.82) is 0 Å². The Kier molecular flexibility index (Phi) is 8.46. The summed E-state index contributed by atoms with van der Waals surface area (Å²) in [4.78, 5) is 0. The third-order valence-electron chi connectivity index (χ3n) is 2.47. The normalized spacial score (nSPS) is 15.7. The zero-order chi connectivity index (χ0) is 10.1. The van der Waals surface area contributed by atoms with E-state index in [1.807, 2.05) is 6.92 Å². The number of hydrogen-bond donors (Lipinski definition) is 2. The van der Waals surface area contributed by atoms with E-state index in [2.05, 4.69) is 6.92 Å². The van der Waals surface area contributed by atoms with Crippen molar-refractivity contribution in [3.05, 3.63) is 0 Å². The molecule has 0 saturated heterocycles.